The number of pyridine rings is 1. The van der Waals surface area contributed by atoms with Gasteiger partial charge in [-0.15, -0.1) is 11.8 Å². The minimum absolute atomic E-state index is 0.122. The van der Waals surface area contributed by atoms with Crippen LogP contribution >= 0.6 is 11.8 Å². The number of aromatic nitrogens is 3. The molecule has 2 aromatic rings. The molecule has 0 bridgehead atoms. The van der Waals surface area contributed by atoms with Crippen LogP contribution < -0.4 is 0 Å². The summed E-state index contributed by atoms with van der Waals surface area (Å²) in [6.45, 7) is 3.82. The van der Waals surface area contributed by atoms with Crippen molar-refractivity contribution in [1.29, 1.82) is 0 Å². The van der Waals surface area contributed by atoms with Gasteiger partial charge in [0.1, 0.15) is 0 Å². The average Bonchev–Trinajstić information content (AvgIpc) is 3.03. The lowest BCUT2D eigenvalue weighted by Crippen LogP contribution is -2.39. The number of nitrogens with zero attached hydrogens (tertiary/aromatic N) is 4. The Labute approximate surface area is 139 Å². The number of hydrogen-bond acceptors (Lipinski definition) is 5. The average molecular weight is 332 g/mol. The SMILES string of the molecule is CC[C@@H](O)c1cc2n(n1)CCN(C(=O)CSc1ccncc1)C2. The molecule has 1 atom stereocenters. The van der Waals surface area contributed by atoms with Crippen LogP contribution in [-0.2, 0) is 17.9 Å². The van der Waals surface area contributed by atoms with Crippen LogP contribution in [-0.4, -0.2) is 43.0 Å². The first kappa shape index (κ1) is 16.0. The van der Waals surface area contributed by atoms with Crippen molar-refractivity contribution in [3.8, 4) is 0 Å². The highest BCUT2D eigenvalue weighted by molar-refractivity contribution is 8.00. The molecule has 0 saturated heterocycles. The number of aliphatic hydroxyl groups is 1. The number of fused-ring (bicyclic) bond motifs is 1. The molecule has 3 rings (SSSR count). The van der Waals surface area contributed by atoms with Crippen LogP contribution in [0, 0.1) is 0 Å². The zero-order valence-corrected chi connectivity index (χ0v) is 13.9. The number of thioether (sulfide) groups is 1. The summed E-state index contributed by atoms with van der Waals surface area (Å²) in [5.41, 5.74) is 1.68. The highest BCUT2D eigenvalue weighted by Gasteiger charge is 2.23. The molecule has 1 aliphatic rings. The second-order valence-corrected chi connectivity index (χ2v) is 6.54. The number of hydrogen-bond donors (Lipinski definition) is 1. The van der Waals surface area contributed by atoms with Crippen molar-refractivity contribution in [1.82, 2.24) is 19.7 Å². The Morgan fingerprint density at radius 3 is 2.91 bits per heavy atom. The predicted molar refractivity (Wildman–Crippen MR) is 87.9 cm³/mol. The van der Waals surface area contributed by atoms with Crippen molar-refractivity contribution in [2.24, 2.45) is 0 Å². The molecule has 3 heterocycles. The van der Waals surface area contributed by atoms with Crippen LogP contribution in [0.4, 0.5) is 0 Å². The Hall–Kier alpha value is -1.86. The van der Waals surface area contributed by atoms with E-state index >= 15 is 0 Å². The van der Waals surface area contributed by atoms with Gasteiger partial charge in [-0.2, -0.15) is 5.10 Å². The largest absolute Gasteiger partial charge is 0.387 e. The van der Waals surface area contributed by atoms with Gasteiger partial charge >= 0.3 is 0 Å². The van der Waals surface area contributed by atoms with Gasteiger partial charge in [-0.3, -0.25) is 14.5 Å². The molecule has 7 heteroatoms. The maximum absolute atomic E-state index is 12.4. The molecule has 0 aromatic carbocycles. The second-order valence-electron chi connectivity index (χ2n) is 5.49. The van der Waals surface area contributed by atoms with Crippen molar-refractivity contribution in [3.63, 3.8) is 0 Å². The first-order valence-corrected chi connectivity index (χ1v) is 8.71. The van der Waals surface area contributed by atoms with Crippen LogP contribution in [0.25, 0.3) is 0 Å². The summed E-state index contributed by atoms with van der Waals surface area (Å²) in [7, 11) is 0. The van der Waals surface area contributed by atoms with Gasteiger partial charge in [-0.05, 0) is 24.6 Å². The van der Waals surface area contributed by atoms with Crippen LogP contribution in [0.1, 0.15) is 30.8 Å². The van der Waals surface area contributed by atoms with Gasteiger partial charge in [-0.1, -0.05) is 6.92 Å². The monoisotopic (exact) mass is 332 g/mol. The summed E-state index contributed by atoms with van der Waals surface area (Å²) in [5.74, 6) is 0.541. The van der Waals surface area contributed by atoms with Crippen molar-refractivity contribution in [3.05, 3.63) is 42.0 Å². The smallest absolute Gasteiger partial charge is 0.233 e. The summed E-state index contributed by atoms with van der Waals surface area (Å²) in [6, 6.07) is 5.72. The van der Waals surface area contributed by atoms with Crippen LogP contribution in [0.2, 0.25) is 0 Å². The van der Waals surface area contributed by atoms with E-state index in [0.717, 1.165) is 10.6 Å². The molecule has 122 valence electrons. The highest BCUT2D eigenvalue weighted by Crippen LogP contribution is 2.22. The fourth-order valence-electron chi connectivity index (χ4n) is 2.54. The van der Waals surface area contributed by atoms with E-state index in [4.69, 9.17) is 0 Å². The van der Waals surface area contributed by atoms with E-state index < -0.39 is 6.10 Å². The van der Waals surface area contributed by atoms with Gasteiger partial charge in [0.05, 0.1) is 36.3 Å². The second kappa shape index (κ2) is 7.14. The lowest BCUT2D eigenvalue weighted by atomic mass is 10.2. The van der Waals surface area contributed by atoms with Crippen LogP contribution in [0.15, 0.2) is 35.5 Å². The van der Waals surface area contributed by atoms with E-state index in [9.17, 15) is 9.90 Å². The molecule has 0 radical (unpaired) electrons. The molecule has 0 unspecified atom stereocenters. The summed E-state index contributed by atoms with van der Waals surface area (Å²) in [4.78, 5) is 19.3. The highest BCUT2D eigenvalue weighted by atomic mass is 32.2. The van der Waals surface area contributed by atoms with Gasteiger partial charge in [0, 0.05) is 23.8 Å². The summed E-state index contributed by atoms with van der Waals surface area (Å²) >= 11 is 1.52. The zero-order valence-electron chi connectivity index (χ0n) is 13.1. The predicted octanol–water partition coefficient (Wildman–Crippen LogP) is 1.86. The van der Waals surface area contributed by atoms with E-state index in [1.165, 1.54) is 11.8 Å². The number of rotatable bonds is 5. The molecular formula is C16H20N4O2S. The number of aliphatic hydroxyl groups excluding tert-OH is 1. The maximum atomic E-state index is 12.4. The maximum Gasteiger partial charge on any atom is 0.233 e. The summed E-state index contributed by atoms with van der Waals surface area (Å²) in [5, 5.41) is 14.3. The normalized spacial score (nSPS) is 15.3. The Bertz CT molecular complexity index is 674. The van der Waals surface area contributed by atoms with Crippen molar-refractivity contribution >= 4 is 17.7 Å². The third kappa shape index (κ3) is 3.73. The number of carbonyl (C=O) groups excluding carboxylic acids is 1. The lowest BCUT2D eigenvalue weighted by molar-refractivity contribution is -0.129. The van der Waals surface area contributed by atoms with Gasteiger partial charge in [-0.25, -0.2) is 0 Å². The molecule has 0 aliphatic carbocycles. The van der Waals surface area contributed by atoms with E-state index in [1.54, 1.807) is 12.4 Å². The molecule has 1 N–H and O–H groups in total. The lowest BCUT2D eigenvalue weighted by Gasteiger charge is -2.27. The molecule has 23 heavy (non-hydrogen) atoms. The third-order valence-electron chi connectivity index (χ3n) is 3.91. The third-order valence-corrected chi connectivity index (χ3v) is 4.91. The van der Waals surface area contributed by atoms with Gasteiger partial charge in [0.2, 0.25) is 5.91 Å². The molecule has 1 aliphatic heterocycles. The molecular weight excluding hydrogens is 312 g/mol. The van der Waals surface area contributed by atoms with Crippen molar-refractivity contribution in [2.45, 2.75) is 37.4 Å². The van der Waals surface area contributed by atoms with E-state index in [0.29, 0.717) is 37.5 Å². The summed E-state index contributed by atoms with van der Waals surface area (Å²) < 4.78 is 1.90. The fourth-order valence-corrected chi connectivity index (χ4v) is 3.33. The number of carbonyl (C=O) groups is 1. The number of amides is 1. The quantitative estimate of drug-likeness (QED) is 0.846. The first-order valence-electron chi connectivity index (χ1n) is 7.72. The molecule has 1 amide bonds. The Kier molecular flexibility index (Phi) is 4.97. The van der Waals surface area contributed by atoms with Crippen LogP contribution in [0.5, 0.6) is 0 Å². The van der Waals surface area contributed by atoms with Crippen molar-refractivity contribution in [2.75, 3.05) is 12.3 Å². The van der Waals surface area contributed by atoms with Crippen molar-refractivity contribution < 1.29 is 9.90 Å². The molecule has 0 fully saturated rings. The van der Waals surface area contributed by atoms with Gasteiger partial charge in [0.15, 0.2) is 0 Å². The minimum Gasteiger partial charge on any atom is -0.387 e. The van der Waals surface area contributed by atoms with E-state index in [1.807, 2.05) is 34.7 Å². The molecule has 6 nitrogen and oxygen atoms in total. The van der Waals surface area contributed by atoms with Gasteiger partial charge < -0.3 is 10.0 Å². The molecule has 0 spiro atoms. The van der Waals surface area contributed by atoms with Gasteiger partial charge in [0.25, 0.3) is 0 Å². The Morgan fingerprint density at radius 2 is 2.17 bits per heavy atom. The fraction of sp³-hybridized carbons (Fsp3) is 0.438. The first-order chi connectivity index (χ1) is 11.2. The summed E-state index contributed by atoms with van der Waals surface area (Å²) in [6.07, 6.45) is 3.57. The molecule has 0 saturated carbocycles. The Balaban J connectivity index is 1.60. The Morgan fingerprint density at radius 1 is 1.39 bits per heavy atom. The standard InChI is InChI=1S/C16H20N4O2S/c1-2-15(21)14-9-12-10-19(7-8-20(12)18-14)16(22)11-23-13-3-5-17-6-4-13/h3-6,9,15,21H,2,7-8,10-11H2,1H3/t15-/m1/s1. The molecule has 2 aromatic heterocycles. The minimum atomic E-state index is -0.528. The van der Waals surface area contributed by atoms with E-state index in [2.05, 4.69) is 10.1 Å². The van der Waals surface area contributed by atoms with E-state index in [-0.39, 0.29) is 5.91 Å². The topological polar surface area (TPSA) is 71.2 Å². The van der Waals surface area contributed by atoms with Crippen LogP contribution in [0.3, 0.4) is 0 Å². The zero-order chi connectivity index (χ0) is 16.2.